The SMILES string of the molecule is O=[N+]([O-])c1ccc(N/N=C/c2ccc(Sc3cccc4cccnc34)c([N+](=O)[O-])c2)cc1. The molecule has 32 heavy (non-hydrogen) atoms. The van der Waals surface area contributed by atoms with Gasteiger partial charge in [-0.15, -0.1) is 0 Å². The second-order valence-corrected chi connectivity index (χ2v) is 7.68. The van der Waals surface area contributed by atoms with E-state index in [2.05, 4.69) is 15.5 Å². The molecule has 0 saturated heterocycles. The van der Waals surface area contributed by atoms with Gasteiger partial charge in [0.05, 0.1) is 32.2 Å². The predicted octanol–water partition coefficient (Wildman–Crippen LogP) is 5.65. The van der Waals surface area contributed by atoms with E-state index in [1.165, 1.54) is 48.3 Å². The Kier molecular flexibility index (Phi) is 6.04. The summed E-state index contributed by atoms with van der Waals surface area (Å²) in [6.45, 7) is 0. The molecule has 0 atom stereocenters. The molecule has 0 aliphatic rings. The van der Waals surface area contributed by atoms with E-state index in [9.17, 15) is 20.2 Å². The van der Waals surface area contributed by atoms with E-state index in [1.807, 2.05) is 30.3 Å². The van der Waals surface area contributed by atoms with E-state index < -0.39 is 9.85 Å². The number of hydrazone groups is 1. The molecule has 0 saturated carbocycles. The molecule has 0 amide bonds. The van der Waals surface area contributed by atoms with E-state index in [-0.39, 0.29) is 11.4 Å². The number of benzene rings is 3. The van der Waals surface area contributed by atoms with Gasteiger partial charge in [-0.25, -0.2) is 0 Å². The highest BCUT2D eigenvalue weighted by Crippen LogP contribution is 2.37. The number of rotatable bonds is 7. The largest absolute Gasteiger partial charge is 0.283 e. The molecule has 0 aliphatic carbocycles. The van der Waals surface area contributed by atoms with Crippen molar-refractivity contribution in [3.05, 3.63) is 105 Å². The van der Waals surface area contributed by atoms with Crippen molar-refractivity contribution >= 4 is 45.9 Å². The monoisotopic (exact) mass is 445 g/mol. The number of para-hydroxylation sites is 1. The Morgan fingerprint density at radius 3 is 2.44 bits per heavy atom. The van der Waals surface area contributed by atoms with Crippen LogP contribution in [0.25, 0.3) is 10.9 Å². The Labute approximate surface area is 186 Å². The first-order valence-electron chi connectivity index (χ1n) is 9.35. The Morgan fingerprint density at radius 2 is 1.69 bits per heavy atom. The lowest BCUT2D eigenvalue weighted by Crippen LogP contribution is -1.95. The lowest BCUT2D eigenvalue weighted by molar-refractivity contribution is -0.387. The summed E-state index contributed by atoms with van der Waals surface area (Å²) in [7, 11) is 0. The van der Waals surface area contributed by atoms with Crippen LogP contribution in [-0.2, 0) is 0 Å². The van der Waals surface area contributed by atoms with Crippen LogP contribution in [0.4, 0.5) is 17.1 Å². The maximum Gasteiger partial charge on any atom is 0.283 e. The number of nitro benzene ring substituents is 2. The number of nitrogens with zero attached hydrogens (tertiary/aromatic N) is 4. The normalized spacial score (nSPS) is 11.0. The second-order valence-electron chi connectivity index (χ2n) is 6.59. The topological polar surface area (TPSA) is 124 Å². The van der Waals surface area contributed by atoms with E-state index in [0.717, 1.165) is 15.8 Å². The molecular weight excluding hydrogens is 430 g/mol. The van der Waals surface area contributed by atoms with Crippen LogP contribution in [-0.4, -0.2) is 21.0 Å². The van der Waals surface area contributed by atoms with Crippen LogP contribution >= 0.6 is 11.8 Å². The van der Waals surface area contributed by atoms with Gasteiger partial charge in [-0.05, 0) is 30.3 Å². The molecule has 1 aromatic heterocycles. The van der Waals surface area contributed by atoms with Gasteiger partial charge in [-0.3, -0.25) is 30.6 Å². The Balaban J connectivity index is 1.54. The van der Waals surface area contributed by atoms with Crippen LogP contribution in [0.15, 0.2) is 93.9 Å². The number of aromatic nitrogens is 1. The first kappa shape index (κ1) is 20.9. The van der Waals surface area contributed by atoms with Gasteiger partial charge >= 0.3 is 0 Å². The van der Waals surface area contributed by atoms with Crippen LogP contribution in [0.2, 0.25) is 0 Å². The van der Waals surface area contributed by atoms with Crippen molar-refractivity contribution in [3.8, 4) is 0 Å². The third-order valence-electron chi connectivity index (χ3n) is 4.48. The van der Waals surface area contributed by atoms with Crippen LogP contribution in [0, 0.1) is 20.2 Å². The highest BCUT2D eigenvalue weighted by molar-refractivity contribution is 7.99. The maximum atomic E-state index is 11.7. The number of anilines is 1. The van der Waals surface area contributed by atoms with E-state index >= 15 is 0 Å². The fourth-order valence-corrected chi connectivity index (χ4v) is 3.98. The Bertz CT molecular complexity index is 1340. The third kappa shape index (κ3) is 4.71. The lowest BCUT2D eigenvalue weighted by Gasteiger charge is -2.07. The molecule has 1 N–H and O–H groups in total. The molecule has 10 heteroatoms. The lowest BCUT2D eigenvalue weighted by atomic mass is 10.2. The molecule has 158 valence electrons. The number of pyridine rings is 1. The van der Waals surface area contributed by atoms with Gasteiger partial charge in [0.2, 0.25) is 0 Å². The summed E-state index contributed by atoms with van der Waals surface area (Å²) in [6.07, 6.45) is 3.14. The van der Waals surface area contributed by atoms with Gasteiger partial charge in [0.25, 0.3) is 11.4 Å². The standard InChI is InChI=1S/C22H15N5O4S/c28-26(29)18-9-7-17(8-10-18)25-24-14-15-6-11-20(19(13-15)27(30)31)32-21-5-1-3-16-4-2-12-23-22(16)21/h1-14,25H/b24-14+. The smallest absolute Gasteiger partial charge is 0.278 e. The second kappa shape index (κ2) is 9.23. The Hall–Kier alpha value is -4.31. The quantitative estimate of drug-likeness (QED) is 0.221. The number of nitrogens with one attached hydrogen (secondary N) is 1. The average molecular weight is 445 g/mol. The number of nitro groups is 2. The zero-order valence-electron chi connectivity index (χ0n) is 16.4. The van der Waals surface area contributed by atoms with Crippen molar-refractivity contribution < 1.29 is 9.85 Å². The van der Waals surface area contributed by atoms with Gasteiger partial charge in [-0.1, -0.05) is 36.0 Å². The molecule has 0 spiro atoms. The van der Waals surface area contributed by atoms with Crippen LogP contribution < -0.4 is 5.43 Å². The molecule has 1 heterocycles. The number of hydrogen-bond acceptors (Lipinski definition) is 8. The van der Waals surface area contributed by atoms with E-state index in [4.69, 9.17) is 0 Å². The molecule has 3 aromatic carbocycles. The summed E-state index contributed by atoms with van der Waals surface area (Å²) in [6, 6.07) is 20.1. The van der Waals surface area contributed by atoms with Gasteiger partial charge < -0.3 is 0 Å². The molecule has 4 aromatic rings. The maximum absolute atomic E-state index is 11.7. The summed E-state index contributed by atoms with van der Waals surface area (Å²) >= 11 is 1.29. The van der Waals surface area contributed by atoms with Gasteiger partial charge in [0.1, 0.15) is 0 Å². The van der Waals surface area contributed by atoms with Crippen LogP contribution in [0.3, 0.4) is 0 Å². The first-order chi connectivity index (χ1) is 15.5. The summed E-state index contributed by atoms with van der Waals surface area (Å²) in [5.41, 5.74) is 4.55. The molecule has 9 nitrogen and oxygen atoms in total. The molecule has 4 rings (SSSR count). The summed E-state index contributed by atoms with van der Waals surface area (Å²) < 4.78 is 0. The fourth-order valence-electron chi connectivity index (χ4n) is 2.96. The van der Waals surface area contributed by atoms with Crippen molar-refractivity contribution in [2.75, 3.05) is 5.43 Å². The van der Waals surface area contributed by atoms with Gasteiger partial charge in [0.15, 0.2) is 0 Å². The van der Waals surface area contributed by atoms with Crippen molar-refractivity contribution in [2.45, 2.75) is 9.79 Å². The Morgan fingerprint density at radius 1 is 0.906 bits per heavy atom. The van der Waals surface area contributed by atoms with Crippen molar-refractivity contribution in [1.82, 2.24) is 4.98 Å². The van der Waals surface area contributed by atoms with E-state index in [1.54, 1.807) is 18.3 Å². The van der Waals surface area contributed by atoms with Crippen molar-refractivity contribution in [3.63, 3.8) is 0 Å². The highest BCUT2D eigenvalue weighted by atomic mass is 32.2. The van der Waals surface area contributed by atoms with Crippen molar-refractivity contribution in [2.24, 2.45) is 5.10 Å². The number of non-ortho nitro benzene ring substituents is 1. The molecule has 0 aliphatic heterocycles. The van der Waals surface area contributed by atoms with E-state index in [0.29, 0.717) is 16.1 Å². The zero-order chi connectivity index (χ0) is 22.5. The van der Waals surface area contributed by atoms with Gasteiger partial charge in [-0.2, -0.15) is 5.10 Å². The van der Waals surface area contributed by atoms with Gasteiger partial charge in [0, 0.05) is 40.2 Å². The molecule has 0 radical (unpaired) electrons. The summed E-state index contributed by atoms with van der Waals surface area (Å²) in [5.74, 6) is 0. The number of fused-ring (bicyclic) bond motifs is 1. The third-order valence-corrected chi connectivity index (χ3v) is 5.60. The fraction of sp³-hybridized carbons (Fsp3) is 0. The zero-order valence-corrected chi connectivity index (χ0v) is 17.2. The van der Waals surface area contributed by atoms with Crippen LogP contribution in [0.5, 0.6) is 0 Å². The average Bonchev–Trinajstić information content (AvgIpc) is 2.80. The predicted molar refractivity (Wildman–Crippen MR) is 123 cm³/mol. The highest BCUT2D eigenvalue weighted by Gasteiger charge is 2.17. The van der Waals surface area contributed by atoms with Crippen molar-refractivity contribution in [1.29, 1.82) is 0 Å². The summed E-state index contributed by atoms with van der Waals surface area (Å²) in [5, 5.41) is 27.4. The minimum Gasteiger partial charge on any atom is -0.278 e. The molecule has 0 fully saturated rings. The molecule has 0 unspecified atom stereocenters. The molecular formula is C22H15N5O4S. The minimum absolute atomic E-state index is 0.0235. The summed E-state index contributed by atoms with van der Waals surface area (Å²) in [4.78, 5) is 27.2. The van der Waals surface area contributed by atoms with Crippen LogP contribution in [0.1, 0.15) is 5.56 Å². The minimum atomic E-state index is -0.486. The number of hydrogen-bond donors (Lipinski definition) is 1. The molecule has 0 bridgehead atoms. The first-order valence-corrected chi connectivity index (χ1v) is 10.2.